The molecule has 0 bridgehead atoms. The van der Waals surface area contributed by atoms with Gasteiger partial charge in [0.25, 0.3) is 0 Å². The molecule has 0 aromatic heterocycles. The minimum Gasteiger partial charge on any atom is -0.493 e. The number of hydrogen-bond donors (Lipinski definition) is 0. The monoisotopic (exact) mass is 176 g/mol. The van der Waals surface area contributed by atoms with E-state index < -0.39 is 0 Å². The summed E-state index contributed by atoms with van der Waals surface area (Å²) >= 11 is 0. The largest absolute Gasteiger partial charge is 0.493 e. The molecule has 0 N–H and O–H groups in total. The van der Waals surface area contributed by atoms with Gasteiger partial charge in [-0.15, -0.1) is 0 Å². The molecule has 70 valence electrons. The maximum atomic E-state index is 5.62. The Morgan fingerprint density at radius 3 is 2.77 bits per heavy atom. The number of fused-ring (bicyclic) bond motifs is 1. The van der Waals surface area contributed by atoms with Crippen LogP contribution in [0.15, 0.2) is 12.1 Å². The fraction of sp³-hybridized carbons (Fsp3) is 0.500. The zero-order valence-electron chi connectivity index (χ0n) is 8.55. The highest BCUT2D eigenvalue weighted by Gasteiger charge is 2.19. The van der Waals surface area contributed by atoms with E-state index in [0.29, 0.717) is 5.92 Å². The van der Waals surface area contributed by atoms with Crippen LogP contribution in [0.1, 0.15) is 36.5 Å². The molecule has 1 aromatic carbocycles. The van der Waals surface area contributed by atoms with Gasteiger partial charge in [-0.3, -0.25) is 0 Å². The lowest BCUT2D eigenvalue weighted by molar-refractivity contribution is 0.354. The lowest BCUT2D eigenvalue weighted by Gasteiger charge is -2.11. The first-order valence-electron chi connectivity index (χ1n) is 4.95. The topological polar surface area (TPSA) is 9.23 Å². The minimum atomic E-state index is 0.607. The molecule has 0 saturated carbocycles. The molecule has 0 spiro atoms. The molecule has 0 fully saturated rings. The van der Waals surface area contributed by atoms with E-state index in [2.05, 4.69) is 32.9 Å². The van der Waals surface area contributed by atoms with Gasteiger partial charge in [-0.1, -0.05) is 26.0 Å². The lowest BCUT2D eigenvalue weighted by atomic mass is 9.94. The highest BCUT2D eigenvalue weighted by molar-refractivity contribution is 5.49. The Hall–Kier alpha value is -0.980. The predicted octanol–water partition coefficient (Wildman–Crippen LogP) is 3.05. The molecule has 2 rings (SSSR count). The van der Waals surface area contributed by atoms with Gasteiger partial charge in [0, 0.05) is 12.0 Å². The molecule has 0 amide bonds. The van der Waals surface area contributed by atoms with Crippen molar-refractivity contribution in [2.24, 2.45) is 0 Å². The van der Waals surface area contributed by atoms with Gasteiger partial charge < -0.3 is 4.74 Å². The molecule has 0 unspecified atom stereocenters. The molecule has 0 radical (unpaired) electrons. The number of ether oxygens (including phenoxy) is 1. The van der Waals surface area contributed by atoms with E-state index in [1.807, 2.05) is 0 Å². The molecule has 1 nitrogen and oxygen atoms in total. The summed E-state index contributed by atoms with van der Waals surface area (Å²) in [5.74, 6) is 1.75. The van der Waals surface area contributed by atoms with Crippen molar-refractivity contribution < 1.29 is 4.74 Å². The van der Waals surface area contributed by atoms with Crippen LogP contribution < -0.4 is 4.74 Å². The summed E-state index contributed by atoms with van der Waals surface area (Å²) in [6.45, 7) is 7.46. The van der Waals surface area contributed by atoms with Gasteiger partial charge in [-0.05, 0) is 24.0 Å². The van der Waals surface area contributed by atoms with Gasteiger partial charge in [0.1, 0.15) is 5.75 Å². The molecule has 1 aliphatic rings. The summed E-state index contributed by atoms with van der Waals surface area (Å²) in [5, 5.41) is 0. The number of aryl methyl sites for hydroxylation is 1. The van der Waals surface area contributed by atoms with Gasteiger partial charge in [-0.2, -0.15) is 0 Å². The molecular weight excluding hydrogens is 160 g/mol. The Morgan fingerprint density at radius 2 is 2.08 bits per heavy atom. The fourth-order valence-corrected chi connectivity index (χ4v) is 2.02. The summed E-state index contributed by atoms with van der Waals surface area (Å²) in [4.78, 5) is 0. The van der Waals surface area contributed by atoms with Crippen molar-refractivity contribution in [2.75, 3.05) is 6.61 Å². The van der Waals surface area contributed by atoms with Gasteiger partial charge in [0.15, 0.2) is 0 Å². The molecular formula is C12H16O. The first-order valence-corrected chi connectivity index (χ1v) is 4.95. The van der Waals surface area contributed by atoms with Gasteiger partial charge in [0.05, 0.1) is 6.61 Å². The van der Waals surface area contributed by atoms with Crippen molar-refractivity contribution in [3.63, 3.8) is 0 Å². The molecule has 0 aliphatic carbocycles. The number of benzene rings is 1. The third-order valence-electron chi connectivity index (χ3n) is 2.71. The Labute approximate surface area is 79.7 Å². The van der Waals surface area contributed by atoms with Crippen LogP contribution in [0.4, 0.5) is 0 Å². The summed E-state index contributed by atoms with van der Waals surface area (Å²) in [6, 6.07) is 4.41. The Morgan fingerprint density at radius 1 is 1.31 bits per heavy atom. The first-order chi connectivity index (χ1) is 6.20. The van der Waals surface area contributed by atoms with E-state index >= 15 is 0 Å². The van der Waals surface area contributed by atoms with E-state index in [9.17, 15) is 0 Å². The molecule has 1 heteroatoms. The third kappa shape index (κ3) is 1.32. The van der Waals surface area contributed by atoms with Crippen molar-refractivity contribution in [1.29, 1.82) is 0 Å². The quantitative estimate of drug-likeness (QED) is 0.639. The summed E-state index contributed by atoms with van der Waals surface area (Å²) in [7, 11) is 0. The van der Waals surface area contributed by atoms with Crippen LogP contribution in [0.25, 0.3) is 0 Å². The zero-order valence-corrected chi connectivity index (χ0v) is 8.55. The maximum Gasteiger partial charge on any atom is 0.125 e. The molecule has 1 aromatic rings. The van der Waals surface area contributed by atoms with E-state index in [1.165, 1.54) is 16.7 Å². The summed E-state index contributed by atoms with van der Waals surface area (Å²) < 4.78 is 5.62. The summed E-state index contributed by atoms with van der Waals surface area (Å²) in [5.41, 5.74) is 4.17. The van der Waals surface area contributed by atoms with Crippen LogP contribution in [0.2, 0.25) is 0 Å². The smallest absolute Gasteiger partial charge is 0.125 e. The van der Waals surface area contributed by atoms with Gasteiger partial charge >= 0.3 is 0 Å². The second-order valence-corrected chi connectivity index (χ2v) is 4.03. The third-order valence-corrected chi connectivity index (χ3v) is 2.71. The first kappa shape index (κ1) is 8.61. The fourth-order valence-electron chi connectivity index (χ4n) is 2.02. The SMILES string of the molecule is Cc1ccc(C(C)C)c2c1OCC2. The van der Waals surface area contributed by atoms with Gasteiger partial charge in [0.2, 0.25) is 0 Å². The van der Waals surface area contributed by atoms with Crippen molar-refractivity contribution in [3.8, 4) is 5.75 Å². The van der Waals surface area contributed by atoms with Crippen molar-refractivity contribution in [2.45, 2.75) is 33.1 Å². The highest BCUT2D eigenvalue weighted by atomic mass is 16.5. The van der Waals surface area contributed by atoms with E-state index in [-0.39, 0.29) is 0 Å². The minimum absolute atomic E-state index is 0.607. The van der Waals surface area contributed by atoms with E-state index in [1.54, 1.807) is 0 Å². The normalized spacial score (nSPS) is 14.5. The van der Waals surface area contributed by atoms with Crippen LogP contribution >= 0.6 is 0 Å². The second-order valence-electron chi connectivity index (χ2n) is 4.03. The predicted molar refractivity (Wildman–Crippen MR) is 54.5 cm³/mol. The Balaban J connectivity index is 2.56. The van der Waals surface area contributed by atoms with E-state index in [0.717, 1.165) is 18.8 Å². The zero-order chi connectivity index (χ0) is 9.42. The van der Waals surface area contributed by atoms with Crippen molar-refractivity contribution >= 4 is 0 Å². The van der Waals surface area contributed by atoms with Crippen LogP contribution in [0, 0.1) is 6.92 Å². The number of rotatable bonds is 1. The standard InChI is InChI=1S/C12H16O/c1-8(2)10-5-4-9(3)12-11(10)6-7-13-12/h4-5,8H,6-7H2,1-3H3. The van der Waals surface area contributed by atoms with Crippen molar-refractivity contribution in [3.05, 3.63) is 28.8 Å². The average molecular weight is 176 g/mol. The Bertz CT molecular complexity index is 326. The maximum absolute atomic E-state index is 5.62. The molecule has 0 saturated heterocycles. The van der Waals surface area contributed by atoms with Crippen LogP contribution in [0.5, 0.6) is 5.75 Å². The summed E-state index contributed by atoms with van der Waals surface area (Å²) in [6.07, 6.45) is 1.09. The van der Waals surface area contributed by atoms with Crippen molar-refractivity contribution in [1.82, 2.24) is 0 Å². The Kier molecular flexibility index (Phi) is 2.03. The van der Waals surface area contributed by atoms with E-state index in [4.69, 9.17) is 4.74 Å². The average Bonchev–Trinajstić information content (AvgIpc) is 2.53. The second kappa shape index (κ2) is 3.06. The highest BCUT2D eigenvalue weighted by Crippen LogP contribution is 2.35. The van der Waals surface area contributed by atoms with Crippen LogP contribution in [-0.4, -0.2) is 6.61 Å². The number of hydrogen-bond acceptors (Lipinski definition) is 1. The molecule has 0 atom stereocenters. The van der Waals surface area contributed by atoms with Crippen LogP contribution in [-0.2, 0) is 6.42 Å². The van der Waals surface area contributed by atoms with Gasteiger partial charge in [-0.25, -0.2) is 0 Å². The lowest BCUT2D eigenvalue weighted by Crippen LogP contribution is -1.94. The van der Waals surface area contributed by atoms with Crippen LogP contribution in [0.3, 0.4) is 0 Å². The molecule has 1 heterocycles. The molecule has 13 heavy (non-hydrogen) atoms. The molecule has 1 aliphatic heterocycles.